The highest BCUT2D eigenvalue weighted by molar-refractivity contribution is 5.91. The van der Waals surface area contributed by atoms with Gasteiger partial charge in [0.1, 0.15) is 5.75 Å². The van der Waals surface area contributed by atoms with E-state index in [4.69, 9.17) is 4.74 Å². The average Bonchev–Trinajstić information content (AvgIpc) is 2.44. The highest BCUT2D eigenvalue weighted by atomic mass is 19.2. The van der Waals surface area contributed by atoms with Crippen LogP contribution in [0.25, 0.3) is 6.08 Å². The van der Waals surface area contributed by atoms with Gasteiger partial charge < -0.3 is 4.74 Å². The second kappa shape index (κ2) is 6.10. The Kier molecular flexibility index (Phi) is 4.25. The first-order valence-corrected chi connectivity index (χ1v) is 6.00. The summed E-state index contributed by atoms with van der Waals surface area (Å²) in [6.07, 6.45) is 3.79. The first kappa shape index (κ1) is 13.9. The molecule has 2 aromatic rings. The molecule has 2 rings (SSSR count). The van der Waals surface area contributed by atoms with E-state index in [1.807, 2.05) is 19.1 Å². The van der Waals surface area contributed by atoms with Crippen LogP contribution in [0.5, 0.6) is 5.75 Å². The second-order valence-electron chi connectivity index (χ2n) is 4.09. The van der Waals surface area contributed by atoms with Crippen molar-refractivity contribution in [1.82, 2.24) is 0 Å². The summed E-state index contributed by atoms with van der Waals surface area (Å²) in [5.74, 6) is -2.48. The third-order valence-electron chi connectivity index (χ3n) is 2.61. The SMILES string of the molecule is C/C=C/c1ccc(OC(=O)c2ccc(F)c(F)c2)cc1. The lowest BCUT2D eigenvalue weighted by Crippen LogP contribution is -2.09. The Bertz CT molecular complexity index is 646. The van der Waals surface area contributed by atoms with Gasteiger partial charge in [-0.2, -0.15) is 0 Å². The summed E-state index contributed by atoms with van der Waals surface area (Å²) in [5, 5.41) is 0. The molecule has 0 fully saturated rings. The molecule has 0 bridgehead atoms. The minimum absolute atomic E-state index is 0.0403. The van der Waals surface area contributed by atoms with Crippen molar-refractivity contribution in [2.75, 3.05) is 0 Å². The number of carbonyl (C=O) groups excluding carboxylic acids is 1. The summed E-state index contributed by atoms with van der Waals surface area (Å²) in [4.78, 5) is 11.8. The van der Waals surface area contributed by atoms with Crippen LogP contribution in [0.15, 0.2) is 48.5 Å². The number of rotatable bonds is 3. The summed E-state index contributed by atoms with van der Waals surface area (Å²) >= 11 is 0. The summed E-state index contributed by atoms with van der Waals surface area (Å²) in [7, 11) is 0. The molecule has 0 aliphatic heterocycles. The molecule has 0 radical (unpaired) electrons. The third kappa shape index (κ3) is 3.29. The van der Waals surface area contributed by atoms with E-state index in [-0.39, 0.29) is 5.56 Å². The van der Waals surface area contributed by atoms with Gasteiger partial charge in [-0.05, 0) is 42.8 Å². The zero-order valence-corrected chi connectivity index (χ0v) is 10.8. The van der Waals surface area contributed by atoms with Gasteiger partial charge in [0, 0.05) is 0 Å². The Morgan fingerprint density at radius 3 is 2.35 bits per heavy atom. The van der Waals surface area contributed by atoms with Crippen molar-refractivity contribution in [1.29, 1.82) is 0 Å². The number of ether oxygens (including phenoxy) is 1. The molecule has 0 saturated heterocycles. The van der Waals surface area contributed by atoms with Gasteiger partial charge in [0.15, 0.2) is 11.6 Å². The van der Waals surface area contributed by atoms with Crippen molar-refractivity contribution < 1.29 is 18.3 Å². The smallest absolute Gasteiger partial charge is 0.343 e. The maximum Gasteiger partial charge on any atom is 0.343 e. The van der Waals surface area contributed by atoms with Gasteiger partial charge in [0.05, 0.1) is 5.56 Å². The standard InChI is InChI=1S/C16H12F2O2/c1-2-3-11-4-7-13(8-5-11)20-16(19)12-6-9-14(17)15(18)10-12/h2-10H,1H3/b3-2+. The maximum absolute atomic E-state index is 13.0. The molecule has 0 aliphatic carbocycles. The number of benzene rings is 2. The van der Waals surface area contributed by atoms with Gasteiger partial charge in [-0.3, -0.25) is 0 Å². The maximum atomic E-state index is 13.0. The lowest BCUT2D eigenvalue weighted by Gasteiger charge is -2.05. The fraction of sp³-hybridized carbons (Fsp3) is 0.0625. The summed E-state index contributed by atoms with van der Waals surface area (Å²) in [6, 6.07) is 9.71. The summed E-state index contributed by atoms with van der Waals surface area (Å²) in [5.41, 5.74) is 0.932. The van der Waals surface area contributed by atoms with Gasteiger partial charge in [-0.1, -0.05) is 24.3 Å². The molecule has 0 saturated carbocycles. The van der Waals surface area contributed by atoms with Crippen molar-refractivity contribution in [3.05, 3.63) is 71.3 Å². The van der Waals surface area contributed by atoms with Crippen LogP contribution in [0.2, 0.25) is 0 Å². The van der Waals surface area contributed by atoms with Crippen molar-refractivity contribution >= 4 is 12.0 Å². The Hall–Kier alpha value is -2.49. The number of hydrogen-bond donors (Lipinski definition) is 0. The minimum Gasteiger partial charge on any atom is -0.423 e. The summed E-state index contributed by atoms with van der Waals surface area (Å²) in [6.45, 7) is 1.90. The largest absolute Gasteiger partial charge is 0.423 e. The van der Waals surface area contributed by atoms with E-state index in [9.17, 15) is 13.6 Å². The van der Waals surface area contributed by atoms with Crippen LogP contribution in [0.3, 0.4) is 0 Å². The van der Waals surface area contributed by atoms with E-state index in [1.165, 1.54) is 6.07 Å². The predicted octanol–water partition coefficient (Wildman–Crippen LogP) is 4.22. The Morgan fingerprint density at radius 1 is 1.05 bits per heavy atom. The molecule has 2 nitrogen and oxygen atoms in total. The van der Waals surface area contributed by atoms with Crippen molar-refractivity contribution in [3.8, 4) is 5.75 Å². The van der Waals surface area contributed by atoms with Crippen LogP contribution in [0, 0.1) is 11.6 Å². The first-order chi connectivity index (χ1) is 9.60. The van der Waals surface area contributed by atoms with Crippen LogP contribution in [0.1, 0.15) is 22.8 Å². The van der Waals surface area contributed by atoms with Gasteiger partial charge in [-0.25, -0.2) is 13.6 Å². The van der Waals surface area contributed by atoms with Gasteiger partial charge in [-0.15, -0.1) is 0 Å². The number of halogens is 2. The van der Waals surface area contributed by atoms with Crippen LogP contribution in [-0.2, 0) is 0 Å². The molecule has 0 aliphatic rings. The zero-order chi connectivity index (χ0) is 14.5. The first-order valence-electron chi connectivity index (χ1n) is 6.00. The molecule has 4 heteroatoms. The lowest BCUT2D eigenvalue weighted by molar-refractivity contribution is 0.0734. The van der Waals surface area contributed by atoms with Crippen LogP contribution >= 0.6 is 0 Å². The number of allylic oxidation sites excluding steroid dienone is 1. The topological polar surface area (TPSA) is 26.3 Å². The Morgan fingerprint density at radius 2 is 1.75 bits per heavy atom. The molecule has 20 heavy (non-hydrogen) atoms. The van der Waals surface area contributed by atoms with Gasteiger partial charge >= 0.3 is 5.97 Å². The predicted molar refractivity (Wildman–Crippen MR) is 72.5 cm³/mol. The average molecular weight is 274 g/mol. The van der Waals surface area contributed by atoms with Gasteiger partial charge in [0.2, 0.25) is 0 Å². The van der Waals surface area contributed by atoms with Crippen molar-refractivity contribution in [2.45, 2.75) is 6.92 Å². The van der Waals surface area contributed by atoms with E-state index in [1.54, 1.807) is 24.3 Å². The van der Waals surface area contributed by atoms with Crippen molar-refractivity contribution in [3.63, 3.8) is 0 Å². The molecule has 2 aromatic carbocycles. The third-order valence-corrected chi connectivity index (χ3v) is 2.61. The molecule has 0 unspecified atom stereocenters. The van der Waals surface area contributed by atoms with E-state index < -0.39 is 17.6 Å². The Balaban J connectivity index is 2.12. The molecule has 0 amide bonds. The highest BCUT2D eigenvalue weighted by Gasteiger charge is 2.11. The second-order valence-corrected chi connectivity index (χ2v) is 4.09. The molecule has 0 heterocycles. The van der Waals surface area contributed by atoms with Crippen molar-refractivity contribution in [2.24, 2.45) is 0 Å². The van der Waals surface area contributed by atoms with E-state index >= 15 is 0 Å². The monoisotopic (exact) mass is 274 g/mol. The van der Waals surface area contributed by atoms with Crippen LogP contribution < -0.4 is 4.74 Å². The molecule has 102 valence electrons. The van der Waals surface area contributed by atoms with Crippen LogP contribution in [-0.4, -0.2) is 5.97 Å². The fourth-order valence-electron chi connectivity index (χ4n) is 1.63. The number of hydrogen-bond acceptors (Lipinski definition) is 2. The number of esters is 1. The number of carbonyl (C=O) groups is 1. The molecule has 0 N–H and O–H groups in total. The zero-order valence-electron chi connectivity index (χ0n) is 10.8. The van der Waals surface area contributed by atoms with E-state index in [0.29, 0.717) is 5.75 Å². The van der Waals surface area contributed by atoms with Gasteiger partial charge in [0.25, 0.3) is 0 Å². The normalized spacial score (nSPS) is 10.8. The quantitative estimate of drug-likeness (QED) is 0.619. The molecular weight excluding hydrogens is 262 g/mol. The van der Waals surface area contributed by atoms with E-state index in [2.05, 4.69) is 0 Å². The molecule has 0 aromatic heterocycles. The summed E-state index contributed by atoms with van der Waals surface area (Å²) < 4.78 is 30.9. The van der Waals surface area contributed by atoms with Crippen LogP contribution in [0.4, 0.5) is 8.78 Å². The molecule has 0 spiro atoms. The lowest BCUT2D eigenvalue weighted by atomic mass is 10.2. The minimum atomic E-state index is -1.08. The Labute approximate surface area is 115 Å². The van der Waals surface area contributed by atoms with E-state index in [0.717, 1.165) is 17.7 Å². The molecule has 0 atom stereocenters. The highest BCUT2D eigenvalue weighted by Crippen LogP contribution is 2.16. The fourth-order valence-corrected chi connectivity index (χ4v) is 1.63. The molecular formula is C16H12F2O2.